The van der Waals surface area contributed by atoms with Gasteiger partial charge in [0.15, 0.2) is 0 Å². The maximum atomic E-state index is 6.84. The Bertz CT molecular complexity index is 2030. The van der Waals surface area contributed by atoms with E-state index in [0.29, 0.717) is 11.8 Å². The van der Waals surface area contributed by atoms with E-state index in [4.69, 9.17) is 14.7 Å². The molecule has 3 aliphatic rings. The summed E-state index contributed by atoms with van der Waals surface area (Å²) in [4.78, 5) is 15.4. The smallest absolute Gasteiger partial charge is 0.503 e. The molecule has 0 unspecified atom stereocenters. The number of aryl methyl sites for hydroxylation is 2. The molecule has 1 fully saturated rings. The van der Waals surface area contributed by atoms with Crippen LogP contribution in [0.15, 0.2) is 65.8 Å². The van der Waals surface area contributed by atoms with Crippen molar-refractivity contribution in [1.82, 2.24) is 9.88 Å². The fourth-order valence-electron chi connectivity index (χ4n) is 9.30. The number of amidine groups is 1. The zero-order chi connectivity index (χ0) is 37.4. The summed E-state index contributed by atoms with van der Waals surface area (Å²) in [6.45, 7) is 27.4. The van der Waals surface area contributed by atoms with E-state index in [1.165, 1.54) is 54.4 Å². The van der Waals surface area contributed by atoms with Crippen LogP contribution in [0, 0.1) is 31.4 Å². The van der Waals surface area contributed by atoms with Gasteiger partial charge in [0.05, 0.1) is 6.04 Å². The van der Waals surface area contributed by atoms with Crippen LogP contribution in [0.2, 0.25) is 0 Å². The second-order valence-corrected chi connectivity index (χ2v) is 18.7. The first-order valence-electron chi connectivity index (χ1n) is 19.4. The fourth-order valence-corrected chi connectivity index (χ4v) is 9.30. The Balaban J connectivity index is 0.00000481. The van der Waals surface area contributed by atoms with Gasteiger partial charge < -0.3 is 19.5 Å². The number of fused-ring (bicyclic) bond motifs is 2. The van der Waals surface area contributed by atoms with Crippen molar-refractivity contribution in [1.29, 1.82) is 0 Å². The molecular weight excluding hydrogens is 832 g/mol. The van der Waals surface area contributed by atoms with Gasteiger partial charge in [-0.2, -0.15) is 6.07 Å². The number of aromatic nitrogens is 1. The van der Waals surface area contributed by atoms with Gasteiger partial charge >= 0.3 is 21.1 Å². The topological polar surface area (TPSA) is 41.0 Å². The zero-order valence-corrected chi connectivity index (χ0v) is 36.2. The van der Waals surface area contributed by atoms with E-state index in [9.17, 15) is 0 Å². The van der Waals surface area contributed by atoms with Gasteiger partial charge in [-0.15, -0.1) is 34.9 Å². The first-order chi connectivity index (χ1) is 24.4. The predicted molar refractivity (Wildman–Crippen MR) is 216 cm³/mol. The number of hydrogen-bond acceptors (Lipinski definition) is 5. The number of rotatable bonds is 5. The van der Waals surface area contributed by atoms with Crippen molar-refractivity contribution in [3.8, 4) is 11.5 Å². The minimum absolute atomic E-state index is 0. The second-order valence-electron chi connectivity index (χ2n) is 18.7. The molecule has 2 aliphatic heterocycles. The molecule has 0 amide bonds. The van der Waals surface area contributed by atoms with Crippen LogP contribution in [0.3, 0.4) is 0 Å². The molecule has 1 aromatic heterocycles. The maximum Gasteiger partial charge on any atom is 2.00 e. The van der Waals surface area contributed by atoms with Crippen LogP contribution in [-0.4, -0.2) is 33.3 Å². The molecule has 3 heterocycles. The van der Waals surface area contributed by atoms with Crippen LogP contribution < -0.4 is 9.64 Å². The molecule has 6 heteroatoms. The van der Waals surface area contributed by atoms with Gasteiger partial charge in [-0.05, 0) is 72.3 Å². The monoisotopic (exact) mass is 889 g/mol. The van der Waals surface area contributed by atoms with Gasteiger partial charge in [0.1, 0.15) is 5.82 Å². The van der Waals surface area contributed by atoms with Crippen LogP contribution in [0.1, 0.15) is 135 Å². The van der Waals surface area contributed by atoms with Crippen LogP contribution in [0.5, 0.6) is 11.5 Å². The Morgan fingerprint density at radius 2 is 1.51 bits per heavy atom. The minimum atomic E-state index is -0.238. The number of benzene rings is 3. The van der Waals surface area contributed by atoms with Crippen molar-refractivity contribution in [2.45, 2.75) is 144 Å². The summed E-state index contributed by atoms with van der Waals surface area (Å²) in [5, 5.41) is 0. The molecule has 5 nitrogen and oxygen atoms in total. The van der Waals surface area contributed by atoms with E-state index >= 15 is 0 Å². The van der Waals surface area contributed by atoms with Crippen LogP contribution in [0.25, 0.3) is 0 Å². The molecule has 282 valence electrons. The average molecular weight is 890 g/mol. The van der Waals surface area contributed by atoms with Gasteiger partial charge in [0, 0.05) is 40.8 Å². The predicted octanol–water partition coefficient (Wildman–Crippen LogP) is 12.1. The van der Waals surface area contributed by atoms with Gasteiger partial charge in [-0.3, -0.25) is 0 Å². The second kappa shape index (κ2) is 14.0. The number of aliphatic imine (C=N–C) groups is 1. The van der Waals surface area contributed by atoms with Crippen molar-refractivity contribution in [3.63, 3.8) is 0 Å². The molecule has 7 rings (SSSR count). The third kappa shape index (κ3) is 7.01. The molecule has 1 saturated carbocycles. The summed E-state index contributed by atoms with van der Waals surface area (Å²) >= 11 is 0. The first kappa shape index (κ1) is 39.3. The van der Waals surface area contributed by atoms with Gasteiger partial charge in [0.2, 0.25) is 0 Å². The van der Waals surface area contributed by atoms with Crippen molar-refractivity contribution in [3.05, 3.63) is 106 Å². The molecule has 53 heavy (non-hydrogen) atoms. The van der Waals surface area contributed by atoms with Crippen molar-refractivity contribution in [2.75, 3.05) is 4.90 Å². The number of nitrogens with zero attached hydrogens (tertiary/aromatic N) is 4. The van der Waals surface area contributed by atoms with Gasteiger partial charge in [-0.25, -0.2) is 4.98 Å². The van der Waals surface area contributed by atoms with E-state index in [-0.39, 0.29) is 48.9 Å². The Hall–Kier alpha value is -3.43. The summed E-state index contributed by atoms with van der Waals surface area (Å²) in [7, 11) is 0. The molecule has 3 aromatic carbocycles. The first-order valence-corrected chi connectivity index (χ1v) is 19.4. The quantitative estimate of drug-likeness (QED) is 0.187. The number of anilines is 3. The van der Waals surface area contributed by atoms with Gasteiger partial charge in [0.25, 0.3) is 0 Å². The standard InChI is InChI=1S/C47H58N4O.Pt/c1-30-26-31(2)40(29-35(30)42-49-43(45(6,7)8)47(11,12)51(42)33-18-14-13-15-19-33)52-34-22-23-37-39(28-34)50(38-21-17-16-20-36(38)46(37,9)10)41-27-32(24-25-48-41)44(3,4)5;/h16-17,20-27,33,43H,13-15,18-19H2,1-12H3;/q-2;+2/t43-;/m1./s1. The van der Waals surface area contributed by atoms with Gasteiger partial charge in [-0.1, -0.05) is 124 Å². The molecular formula is C47H58N4OPt. The van der Waals surface area contributed by atoms with E-state index in [2.05, 4.69) is 160 Å². The van der Waals surface area contributed by atoms with E-state index in [0.717, 1.165) is 39.9 Å². The molecule has 1 atom stereocenters. The molecule has 0 saturated heterocycles. The number of para-hydroxylation sites is 1. The van der Waals surface area contributed by atoms with E-state index < -0.39 is 0 Å². The average Bonchev–Trinajstić information content (AvgIpc) is 3.37. The Kier molecular flexibility index (Phi) is 10.4. The summed E-state index contributed by atoms with van der Waals surface area (Å²) in [6, 6.07) is 27.7. The minimum Gasteiger partial charge on any atom is -0.503 e. The normalized spacial score (nSPS) is 19.6. The summed E-state index contributed by atoms with van der Waals surface area (Å²) < 4.78 is 6.84. The molecule has 4 aromatic rings. The maximum absolute atomic E-state index is 6.84. The summed E-state index contributed by atoms with van der Waals surface area (Å²) in [5.41, 5.74) is 8.69. The number of ether oxygens (including phenoxy) is 1. The largest absolute Gasteiger partial charge is 2.00 e. The molecule has 0 bridgehead atoms. The zero-order valence-electron chi connectivity index (χ0n) is 34.0. The Morgan fingerprint density at radius 3 is 2.19 bits per heavy atom. The van der Waals surface area contributed by atoms with Crippen molar-refractivity contribution < 1.29 is 25.8 Å². The fraction of sp³-hybridized carbons (Fsp3) is 0.489. The van der Waals surface area contributed by atoms with Crippen molar-refractivity contribution >= 4 is 23.0 Å². The SMILES string of the molecule is Cc1cc(C)c(C2=N[C@H](C(C)(C)C)C(C)(C)N2C2CCCCC2)[c-]c1Oc1[c-]c2c(cc1)C(C)(C)c1ccccc1N2c1cc(C(C)(C)C)ccn1.[Pt+2]. The van der Waals surface area contributed by atoms with Crippen LogP contribution >= 0.6 is 0 Å². The third-order valence-electron chi connectivity index (χ3n) is 11.8. The van der Waals surface area contributed by atoms with Crippen molar-refractivity contribution in [2.24, 2.45) is 10.4 Å². The van der Waals surface area contributed by atoms with E-state index in [1.54, 1.807) is 0 Å². The van der Waals surface area contributed by atoms with Crippen LogP contribution in [-0.2, 0) is 31.9 Å². The molecule has 0 spiro atoms. The Morgan fingerprint density at radius 1 is 0.811 bits per heavy atom. The number of hydrogen-bond donors (Lipinski definition) is 0. The molecule has 0 radical (unpaired) electrons. The van der Waals surface area contributed by atoms with Crippen LogP contribution in [0.4, 0.5) is 17.2 Å². The summed E-state index contributed by atoms with van der Waals surface area (Å²) in [6.07, 6.45) is 8.22. The third-order valence-corrected chi connectivity index (χ3v) is 11.8. The molecule has 1 aliphatic carbocycles. The number of pyridine rings is 1. The van der Waals surface area contributed by atoms with E-state index in [1.807, 2.05) is 6.20 Å². The summed E-state index contributed by atoms with van der Waals surface area (Å²) in [5.74, 6) is 3.33. The molecule has 0 N–H and O–H groups in total. The Labute approximate surface area is 333 Å².